The topological polar surface area (TPSA) is 299 Å². The van der Waals surface area contributed by atoms with Crippen molar-refractivity contribution in [1.82, 2.24) is 39.2 Å². The van der Waals surface area contributed by atoms with Crippen LogP contribution >= 0.6 is 0 Å². The van der Waals surface area contributed by atoms with Gasteiger partial charge in [-0.1, -0.05) is 94.9 Å². The third-order valence-corrected chi connectivity index (χ3v) is 28.3. The van der Waals surface area contributed by atoms with E-state index in [1.54, 1.807) is 34.6 Å². The van der Waals surface area contributed by atoms with Crippen LogP contribution in [-0.2, 0) is 76.7 Å². The molecule has 0 N–H and O–H groups in total. The van der Waals surface area contributed by atoms with E-state index >= 15 is 33.6 Å². The molecule has 24 heteroatoms. The van der Waals surface area contributed by atoms with E-state index < -0.39 is 240 Å². The molecule has 0 aromatic heterocycles. The zero-order chi connectivity index (χ0) is 67.4. The molecular formula is C70H90N8O16. The number of imide groups is 8. The fourth-order valence-electron chi connectivity index (χ4n) is 24.4. The summed E-state index contributed by atoms with van der Waals surface area (Å²) in [5.41, 5.74) is -0.698. The molecule has 0 aromatic carbocycles. The van der Waals surface area contributed by atoms with E-state index in [1.165, 1.54) is 6.92 Å². The van der Waals surface area contributed by atoms with Crippen LogP contribution in [0.15, 0.2) is 0 Å². The molecule has 16 amide bonds. The third kappa shape index (κ3) is 8.07. The van der Waals surface area contributed by atoms with E-state index in [2.05, 4.69) is 27.7 Å². The minimum Gasteiger partial charge on any atom is -0.274 e. The Kier molecular flexibility index (Phi) is 15.3. The summed E-state index contributed by atoms with van der Waals surface area (Å²) in [6, 6.07) is 0. The first kappa shape index (κ1) is 64.5. The number of rotatable bonds is 19. The van der Waals surface area contributed by atoms with Crippen molar-refractivity contribution in [1.29, 1.82) is 0 Å². The van der Waals surface area contributed by atoms with E-state index in [9.17, 15) is 43.2 Å². The molecule has 8 saturated heterocycles. The van der Waals surface area contributed by atoms with Crippen LogP contribution in [0, 0.1) is 153 Å². The zero-order valence-corrected chi connectivity index (χ0v) is 55.7. The molecule has 94 heavy (non-hydrogen) atoms. The predicted molar refractivity (Wildman–Crippen MR) is 324 cm³/mol. The second kappa shape index (κ2) is 22.3. The Bertz CT molecular complexity index is 3430. The van der Waals surface area contributed by atoms with Gasteiger partial charge in [-0.05, 0) is 122 Å². The molecule has 8 aliphatic heterocycles. The number of hydrogen-bond donors (Lipinski definition) is 0. The minimum absolute atomic E-state index is 0.198. The van der Waals surface area contributed by atoms with Gasteiger partial charge < -0.3 is 0 Å². The third-order valence-electron chi connectivity index (χ3n) is 28.3. The molecule has 0 bridgehead atoms. The molecule has 14 fully saturated rings. The number of hydrogen-bond acceptors (Lipinski definition) is 16. The quantitative estimate of drug-likeness (QED) is 0.163. The second-order valence-corrected chi connectivity index (χ2v) is 30.9. The first-order chi connectivity index (χ1) is 44.8. The Hall–Kier alpha value is -6.88. The number of fused-ring (bicyclic) bond motifs is 6. The van der Waals surface area contributed by atoms with Crippen molar-refractivity contribution in [3.05, 3.63) is 0 Å². The van der Waals surface area contributed by atoms with Gasteiger partial charge in [-0.3, -0.25) is 116 Å². The van der Waals surface area contributed by atoms with Gasteiger partial charge in [-0.25, -0.2) is 0 Å². The molecule has 14 rings (SSSR count). The molecule has 8 heterocycles. The molecule has 6 saturated carbocycles. The predicted octanol–water partition coefficient (Wildman–Crippen LogP) is 4.27. The van der Waals surface area contributed by atoms with Crippen molar-refractivity contribution in [2.75, 3.05) is 26.7 Å². The zero-order valence-electron chi connectivity index (χ0n) is 55.7. The van der Waals surface area contributed by atoms with Crippen LogP contribution in [-0.4, -0.2) is 160 Å². The molecule has 24 unspecified atom stereocenters. The lowest BCUT2D eigenvalue weighted by Gasteiger charge is -2.37. The average molecular weight is 1300 g/mol. The molecular weight excluding hydrogens is 1210 g/mol. The summed E-state index contributed by atoms with van der Waals surface area (Å²) in [5, 5.41) is 0. The summed E-state index contributed by atoms with van der Waals surface area (Å²) in [6.45, 7) is 15.6. The Morgan fingerprint density at radius 1 is 0.298 bits per heavy atom. The summed E-state index contributed by atoms with van der Waals surface area (Å²) in [4.78, 5) is 246. The lowest BCUT2D eigenvalue weighted by atomic mass is 9.64. The largest absolute Gasteiger partial charge is 0.274 e. The van der Waals surface area contributed by atoms with Gasteiger partial charge in [-0.2, -0.15) is 0 Å². The Morgan fingerprint density at radius 3 is 0.979 bits per heavy atom. The molecule has 0 radical (unpaired) electrons. The molecule has 24 nitrogen and oxygen atoms in total. The molecule has 506 valence electrons. The van der Waals surface area contributed by atoms with Gasteiger partial charge in [-0.15, -0.1) is 0 Å². The van der Waals surface area contributed by atoms with Crippen molar-refractivity contribution >= 4 is 94.5 Å². The van der Waals surface area contributed by atoms with Gasteiger partial charge in [0.1, 0.15) is 26.7 Å². The molecule has 6 aliphatic carbocycles. The van der Waals surface area contributed by atoms with Gasteiger partial charge >= 0.3 is 0 Å². The van der Waals surface area contributed by atoms with Crippen LogP contribution in [0.3, 0.4) is 0 Å². The number of likely N-dealkylation sites (tertiary alicyclic amines) is 8. The van der Waals surface area contributed by atoms with Crippen LogP contribution < -0.4 is 0 Å². The number of nitrogens with zero attached hydrogens (tertiary/aromatic N) is 8. The SMILES string of the molecule is CCC1C(=O)N(CN2C(=O)C(C)C(C3CC4C(=O)N(CN5C(=O)C6CCC7(C(CC)C7CC)C6C5=O)C(=O)C4C3C3C(=O)N(CN4C(=O)C(CC)C(CC)C4=O)C(=O)C3C3CC4C(=O)N(CN5C(=O)C6CCC7(C(CC)C7CC)C6C5=O)C(=O)C4C3C)C2=O)C(=O)C1CC. The molecule has 2 spiro atoms. The highest BCUT2D eigenvalue weighted by Crippen LogP contribution is 2.76. The summed E-state index contributed by atoms with van der Waals surface area (Å²) in [6.07, 6.45) is 6.45. The van der Waals surface area contributed by atoms with Crippen molar-refractivity contribution in [2.24, 2.45) is 153 Å². The van der Waals surface area contributed by atoms with Crippen molar-refractivity contribution in [3.8, 4) is 0 Å². The van der Waals surface area contributed by atoms with Crippen molar-refractivity contribution < 1.29 is 76.7 Å². The number of carbonyl (C=O) groups is 16. The van der Waals surface area contributed by atoms with Gasteiger partial charge in [0.2, 0.25) is 94.5 Å². The maximum atomic E-state index is 16.2. The van der Waals surface area contributed by atoms with E-state index in [0.717, 1.165) is 71.3 Å². The maximum Gasteiger partial charge on any atom is 0.235 e. The van der Waals surface area contributed by atoms with Crippen molar-refractivity contribution in [2.45, 2.75) is 159 Å². The van der Waals surface area contributed by atoms with Gasteiger partial charge in [0.25, 0.3) is 0 Å². The smallest absolute Gasteiger partial charge is 0.235 e. The summed E-state index contributed by atoms with van der Waals surface area (Å²) >= 11 is 0. The Morgan fingerprint density at radius 2 is 0.596 bits per heavy atom. The van der Waals surface area contributed by atoms with Crippen LogP contribution in [0.25, 0.3) is 0 Å². The minimum atomic E-state index is -1.69. The Balaban J connectivity index is 0.822. The van der Waals surface area contributed by atoms with Crippen LogP contribution in [0.5, 0.6) is 0 Å². The fourth-order valence-corrected chi connectivity index (χ4v) is 24.4. The van der Waals surface area contributed by atoms with Crippen LogP contribution in [0.1, 0.15) is 159 Å². The van der Waals surface area contributed by atoms with Gasteiger partial charge in [0, 0.05) is 29.6 Å². The number of carbonyl (C=O) groups excluding carboxylic acids is 16. The standard InChI is InChI=1S/C70H90N8O16/c1-11-31-32(12-2)55(81)72(54(31)80)25-71-53(79)30(10)46(63(71)89)38-24-40-49(65(91)75(61(40)87)28-77-59(85)36-20-22-70(52(36)68(77)94)43(17-7)44(70)18-8)47(38)50-48(64(90)78(66(50)92)26-73-56(82)33(13-3)34(14-4)57(73)83)37-23-39-45(29(37)9)62(88)74(60(39)86)27-76-58(84)35-19-21-69(51(35)67(76)93)41(15-5)42(69)16-6/h29-52H,11-28H2,1-10H3. The Labute approximate surface area is 547 Å². The van der Waals surface area contributed by atoms with E-state index in [1.807, 2.05) is 0 Å². The van der Waals surface area contributed by atoms with Gasteiger partial charge in [0.15, 0.2) is 0 Å². The first-order valence-electron chi connectivity index (χ1n) is 35.6. The number of amides is 16. The van der Waals surface area contributed by atoms with Crippen LogP contribution in [0.4, 0.5) is 0 Å². The van der Waals surface area contributed by atoms with Crippen LogP contribution in [0.2, 0.25) is 0 Å². The first-order valence-corrected chi connectivity index (χ1v) is 35.6. The highest BCUT2D eigenvalue weighted by atomic mass is 16.2. The highest BCUT2D eigenvalue weighted by Gasteiger charge is 2.78. The molecule has 24 atom stereocenters. The normalized spacial score (nSPS) is 44.6. The lowest BCUT2D eigenvalue weighted by Crippen LogP contribution is -2.49. The second-order valence-electron chi connectivity index (χ2n) is 30.9. The maximum absolute atomic E-state index is 16.2. The average Bonchev–Trinajstić information content (AvgIpc) is 1.51. The summed E-state index contributed by atoms with van der Waals surface area (Å²) in [5.74, 6) is -30.8. The van der Waals surface area contributed by atoms with E-state index in [0.29, 0.717) is 32.1 Å². The monoisotopic (exact) mass is 1300 g/mol. The summed E-state index contributed by atoms with van der Waals surface area (Å²) in [7, 11) is 0. The summed E-state index contributed by atoms with van der Waals surface area (Å²) < 4.78 is 0. The fraction of sp³-hybridized carbons (Fsp3) is 0.771. The van der Waals surface area contributed by atoms with Gasteiger partial charge in [0.05, 0.1) is 65.1 Å². The highest BCUT2D eigenvalue weighted by molar-refractivity contribution is 6.14. The molecule has 14 aliphatic rings. The lowest BCUT2D eigenvalue weighted by molar-refractivity contribution is -0.154. The van der Waals surface area contributed by atoms with Crippen molar-refractivity contribution in [3.63, 3.8) is 0 Å². The van der Waals surface area contributed by atoms with E-state index in [-0.39, 0.29) is 60.2 Å². The van der Waals surface area contributed by atoms with E-state index in [4.69, 9.17) is 0 Å². The molecule has 0 aromatic rings.